The lowest BCUT2D eigenvalue weighted by Gasteiger charge is -2.04. The zero-order chi connectivity index (χ0) is 15.7. The van der Waals surface area contributed by atoms with Crippen molar-refractivity contribution in [1.82, 2.24) is 9.55 Å². The van der Waals surface area contributed by atoms with E-state index in [-0.39, 0.29) is 10.9 Å². The molecule has 22 heavy (non-hydrogen) atoms. The number of rotatable bonds is 3. The molecule has 7 heteroatoms. The lowest BCUT2D eigenvalue weighted by Crippen LogP contribution is -2.11. The molecule has 0 aliphatic carbocycles. The van der Waals surface area contributed by atoms with Crippen molar-refractivity contribution in [1.29, 1.82) is 0 Å². The van der Waals surface area contributed by atoms with Crippen LogP contribution in [-0.4, -0.2) is 15.5 Å². The summed E-state index contributed by atoms with van der Waals surface area (Å²) >= 11 is 6.99. The van der Waals surface area contributed by atoms with E-state index in [0.29, 0.717) is 21.4 Å². The third kappa shape index (κ3) is 2.88. The molecule has 0 aliphatic rings. The number of nitrogens with one attached hydrogen (secondary N) is 1. The van der Waals surface area contributed by atoms with E-state index in [1.807, 2.05) is 29.1 Å². The first-order chi connectivity index (χ1) is 10.5. The summed E-state index contributed by atoms with van der Waals surface area (Å²) in [5, 5.41) is 3.37. The first-order valence-electron chi connectivity index (χ1n) is 6.42. The first-order valence-corrected chi connectivity index (χ1v) is 7.61. The number of hydrogen-bond acceptors (Lipinski definition) is 3. The summed E-state index contributed by atoms with van der Waals surface area (Å²) in [5.41, 5.74) is 1.08. The molecule has 0 radical (unpaired) electrons. The molecule has 3 aromatic rings. The SMILES string of the molecule is Cc1nc(-n2cccc2)sc1C(=O)Nc1ccc(F)c(Cl)c1. The van der Waals surface area contributed by atoms with E-state index in [1.165, 1.54) is 29.5 Å². The van der Waals surface area contributed by atoms with Gasteiger partial charge in [0.15, 0.2) is 5.13 Å². The van der Waals surface area contributed by atoms with Crippen LogP contribution in [0.3, 0.4) is 0 Å². The van der Waals surface area contributed by atoms with Gasteiger partial charge in [0, 0.05) is 18.1 Å². The van der Waals surface area contributed by atoms with Crippen LogP contribution in [0.25, 0.3) is 5.13 Å². The molecule has 0 unspecified atom stereocenters. The van der Waals surface area contributed by atoms with Gasteiger partial charge in [-0.15, -0.1) is 0 Å². The molecular weight excluding hydrogens is 325 g/mol. The zero-order valence-corrected chi connectivity index (χ0v) is 13.1. The van der Waals surface area contributed by atoms with Gasteiger partial charge in [0.2, 0.25) is 0 Å². The molecule has 4 nitrogen and oxygen atoms in total. The highest BCUT2D eigenvalue weighted by molar-refractivity contribution is 7.16. The highest BCUT2D eigenvalue weighted by Gasteiger charge is 2.16. The molecule has 1 N–H and O–H groups in total. The Labute approximate surface area is 135 Å². The number of aromatic nitrogens is 2. The monoisotopic (exact) mass is 335 g/mol. The summed E-state index contributed by atoms with van der Waals surface area (Å²) in [6.07, 6.45) is 3.72. The normalized spacial score (nSPS) is 10.7. The molecule has 0 saturated carbocycles. The summed E-state index contributed by atoms with van der Waals surface area (Å²) in [4.78, 5) is 17.2. The lowest BCUT2D eigenvalue weighted by molar-refractivity contribution is 0.103. The Morgan fingerprint density at radius 2 is 2.09 bits per heavy atom. The quantitative estimate of drug-likeness (QED) is 0.776. The zero-order valence-electron chi connectivity index (χ0n) is 11.5. The van der Waals surface area contributed by atoms with Crippen molar-refractivity contribution in [3.63, 3.8) is 0 Å². The smallest absolute Gasteiger partial charge is 0.267 e. The van der Waals surface area contributed by atoms with Gasteiger partial charge in [0.25, 0.3) is 5.91 Å². The first kappa shape index (κ1) is 14.7. The third-order valence-corrected chi connectivity index (χ3v) is 4.45. The van der Waals surface area contributed by atoms with E-state index in [2.05, 4.69) is 10.3 Å². The maximum Gasteiger partial charge on any atom is 0.267 e. The van der Waals surface area contributed by atoms with Gasteiger partial charge in [-0.3, -0.25) is 4.79 Å². The van der Waals surface area contributed by atoms with Crippen LogP contribution in [0.5, 0.6) is 0 Å². The second-order valence-corrected chi connectivity index (χ2v) is 5.97. The number of nitrogens with zero attached hydrogens (tertiary/aromatic N) is 2. The molecule has 1 amide bonds. The Hall–Kier alpha value is -2.18. The number of hydrogen-bond donors (Lipinski definition) is 1. The van der Waals surface area contributed by atoms with E-state index in [9.17, 15) is 9.18 Å². The molecule has 0 atom stereocenters. The number of aryl methyl sites for hydroxylation is 1. The molecule has 2 aromatic heterocycles. The lowest BCUT2D eigenvalue weighted by atomic mass is 10.3. The highest BCUT2D eigenvalue weighted by Crippen LogP contribution is 2.24. The number of halogens is 2. The average molecular weight is 336 g/mol. The summed E-state index contributed by atoms with van der Waals surface area (Å²) in [6.45, 7) is 1.77. The Kier molecular flexibility index (Phi) is 3.96. The molecule has 0 saturated heterocycles. The fourth-order valence-electron chi connectivity index (χ4n) is 1.93. The Morgan fingerprint density at radius 1 is 1.36 bits per heavy atom. The number of carbonyl (C=O) groups excluding carboxylic acids is 1. The molecule has 112 valence electrons. The number of thiazole rings is 1. The van der Waals surface area contributed by atoms with Gasteiger partial charge >= 0.3 is 0 Å². The Balaban J connectivity index is 1.84. The van der Waals surface area contributed by atoms with Gasteiger partial charge < -0.3 is 9.88 Å². The molecule has 3 rings (SSSR count). The molecule has 0 spiro atoms. The van der Waals surface area contributed by atoms with Crippen LogP contribution in [0, 0.1) is 12.7 Å². The van der Waals surface area contributed by atoms with E-state index in [0.717, 1.165) is 0 Å². The van der Waals surface area contributed by atoms with Gasteiger partial charge in [0.05, 0.1) is 10.7 Å². The van der Waals surface area contributed by atoms with E-state index >= 15 is 0 Å². The molecular formula is C15H11ClFN3OS. The minimum atomic E-state index is -0.525. The minimum Gasteiger partial charge on any atom is -0.321 e. The number of benzene rings is 1. The van der Waals surface area contributed by atoms with Crippen LogP contribution in [0.1, 0.15) is 15.4 Å². The number of amides is 1. The topological polar surface area (TPSA) is 46.9 Å². The van der Waals surface area contributed by atoms with Crippen molar-refractivity contribution in [2.75, 3.05) is 5.32 Å². The van der Waals surface area contributed by atoms with Crippen LogP contribution in [0.4, 0.5) is 10.1 Å². The number of anilines is 1. The van der Waals surface area contributed by atoms with Crippen molar-refractivity contribution >= 4 is 34.5 Å². The summed E-state index contributed by atoms with van der Waals surface area (Å²) in [5.74, 6) is -0.820. The summed E-state index contributed by atoms with van der Waals surface area (Å²) in [6, 6.07) is 7.82. The van der Waals surface area contributed by atoms with Crippen LogP contribution < -0.4 is 5.32 Å². The van der Waals surface area contributed by atoms with Crippen LogP contribution in [0.15, 0.2) is 42.7 Å². The van der Waals surface area contributed by atoms with Crippen molar-refractivity contribution in [3.8, 4) is 5.13 Å². The average Bonchev–Trinajstić information content (AvgIpc) is 3.12. The minimum absolute atomic E-state index is 0.0353. The fraction of sp³-hybridized carbons (Fsp3) is 0.0667. The predicted octanol–water partition coefficient (Wildman–Crippen LogP) is 4.29. The second kappa shape index (κ2) is 5.90. The molecule has 1 aromatic carbocycles. The molecule has 0 bridgehead atoms. The van der Waals surface area contributed by atoms with Crippen LogP contribution in [0.2, 0.25) is 5.02 Å². The third-order valence-electron chi connectivity index (χ3n) is 2.99. The molecule has 0 fully saturated rings. The van der Waals surface area contributed by atoms with E-state index in [1.54, 1.807) is 6.92 Å². The summed E-state index contributed by atoms with van der Waals surface area (Å²) in [7, 11) is 0. The van der Waals surface area contributed by atoms with Crippen LogP contribution >= 0.6 is 22.9 Å². The fourth-order valence-corrected chi connectivity index (χ4v) is 3.04. The maximum absolute atomic E-state index is 13.1. The Morgan fingerprint density at radius 3 is 2.77 bits per heavy atom. The van der Waals surface area contributed by atoms with Gasteiger partial charge in [-0.1, -0.05) is 22.9 Å². The predicted molar refractivity (Wildman–Crippen MR) is 85.5 cm³/mol. The van der Waals surface area contributed by atoms with Gasteiger partial charge in [0.1, 0.15) is 10.7 Å². The van der Waals surface area contributed by atoms with Gasteiger partial charge in [-0.25, -0.2) is 9.37 Å². The van der Waals surface area contributed by atoms with Gasteiger partial charge in [-0.2, -0.15) is 0 Å². The number of carbonyl (C=O) groups is 1. The van der Waals surface area contributed by atoms with Crippen molar-refractivity contribution < 1.29 is 9.18 Å². The largest absolute Gasteiger partial charge is 0.321 e. The molecule has 2 heterocycles. The van der Waals surface area contributed by atoms with Gasteiger partial charge in [-0.05, 0) is 37.3 Å². The highest BCUT2D eigenvalue weighted by atomic mass is 35.5. The second-order valence-electron chi connectivity index (χ2n) is 4.58. The van der Waals surface area contributed by atoms with E-state index < -0.39 is 5.82 Å². The van der Waals surface area contributed by atoms with Crippen molar-refractivity contribution in [3.05, 3.63) is 64.1 Å². The summed E-state index contributed by atoms with van der Waals surface area (Å²) < 4.78 is 15.0. The van der Waals surface area contributed by atoms with E-state index in [4.69, 9.17) is 11.6 Å². The maximum atomic E-state index is 13.1. The standard InChI is InChI=1S/C15H11ClFN3OS/c1-9-13(22-15(18-9)20-6-2-3-7-20)14(21)19-10-4-5-12(17)11(16)8-10/h2-8H,1H3,(H,19,21). The van der Waals surface area contributed by atoms with Crippen LogP contribution in [-0.2, 0) is 0 Å². The van der Waals surface area contributed by atoms with Crippen molar-refractivity contribution in [2.45, 2.75) is 6.92 Å². The molecule has 0 aliphatic heterocycles. The Bertz CT molecular complexity index is 829. The van der Waals surface area contributed by atoms with Crippen molar-refractivity contribution in [2.24, 2.45) is 0 Å².